The Bertz CT molecular complexity index is 421. The molecular formula is C13H12N2. The van der Waals surface area contributed by atoms with E-state index in [9.17, 15) is 0 Å². The largest absolute Gasteiger partial charge is 0.279 e. The topological polar surface area (TPSA) is 24.4 Å². The molecule has 0 saturated carbocycles. The van der Waals surface area contributed by atoms with Crippen LogP contribution in [0.15, 0.2) is 65.8 Å². The summed E-state index contributed by atoms with van der Waals surface area (Å²) in [5, 5.41) is 4.14. The van der Waals surface area contributed by atoms with E-state index in [4.69, 9.17) is 0 Å². The van der Waals surface area contributed by atoms with Gasteiger partial charge in [-0.3, -0.25) is 5.43 Å². The van der Waals surface area contributed by atoms with Gasteiger partial charge in [-0.15, -0.1) is 0 Å². The number of nitrogens with one attached hydrogen (secondary N) is 1. The molecule has 2 aromatic carbocycles. The summed E-state index contributed by atoms with van der Waals surface area (Å²) in [6, 6.07) is 19.9. The molecule has 0 bridgehead atoms. The second kappa shape index (κ2) is 4.96. The first kappa shape index (κ1) is 9.46. The lowest BCUT2D eigenvalue weighted by Crippen LogP contribution is -1.89. The standard InChI is InChI=1S/C13H12N2/c1-3-7-12(8-4-1)11-14-15-13-9-5-2-6-10-13/h1-11,15H/b14-11-. The lowest BCUT2D eigenvalue weighted by Gasteiger charge is -1.97. The zero-order valence-electron chi connectivity index (χ0n) is 8.30. The van der Waals surface area contributed by atoms with Crippen molar-refractivity contribution in [2.45, 2.75) is 0 Å². The van der Waals surface area contributed by atoms with Crippen LogP contribution in [0, 0.1) is 0 Å². The Labute approximate surface area is 89.3 Å². The van der Waals surface area contributed by atoms with Crippen LogP contribution < -0.4 is 5.43 Å². The highest BCUT2D eigenvalue weighted by Gasteiger charge is 1.85. The quantitative estimate of drug-likeness (QED) is 0.592. The van der Waals surface area contributed by atoms with Crippen LogP contribution in [0.5, 0.6) is 0 Å². The Morgan fingerprint density at radius 3 is 2.07 bits per heavy atom. The molecule has 0 unspecified atom stereocenters. The first-order valence-electron chi connectivity index (χ1n) is 4.84. The van der Waals surface area contributed by atoms with Gasteiger partial charge in [0.25, 0.3) is 0 Å². The molecule has 0 aliphatic carbocycles. The summed E-state index contributed by atoms with van der Waals surface area (Å²) < 4.78 is 0. The van der Waals surface area contributed by atoms with Crippen LogP contribution in [-0.4, -0.2) is 6.21 Å². The Hall–Kier alpha value is -2.09. The van der Waals surface area contributed by atoms with Gasteiger partial charge in [-0.2, -0.15) is 5.10 Å². The van der Waals surface area contributed by atoms with Crippen molar-refractivity contribution in [1.29, 1.82) is 0 Å². The van der Waals surface area contributed by atoms with Crippen LogP contribution in [0.3, 0.4) is 0 Å². The maximum absolute atomic E-state index is 4.14. The third-order valence-corrected chi connectivity index (χ3v) is 1.98. The van der Waals surface area contributed by atoms with E-state index in [1.165, 1.54) is 0 Å². The highest BCUT2D eigenvalue weighted by Crippen LogP contribution is 2.04. The second-order valence-corrected chi connectivity index (χ2v) is 3.15. The van der Waals surface area contributed by atoms with Gasteiger partial charge in [0, 0.05) is 0 Å². The van der Waals surface area contributed by atoms with Crippen LogP contribution in [0.4, 0.5) is 5.69 Å². The fraction of sp³-hybridized carbons (Fsp3) is 0. The van der Waals surface area contributed by atoms with Crippen molar-refractivity contribution in [3.8, 4) is 0 Å². The van der Waals surface area contributed by atoms with Crippen molar-refractivity contribution in [2.75, 3.05) is 5.43 Å². The summed E-state index contributed by atoms with van der Waals surface area (Å²) in [4.78, 5) is 0. The molecule has 0 radical (unpaired) electrons. The Morgan fingerprint density at radius 1 is 0.800 bits per heavy atom. The number of para-hydroxylation sites is 1. The van der Waals surface area contributed by atoms with Crippen molar-refractivity contribution in [2.24, 2.45) is 5.10 Å². The summed E-state index contributed by atoms with van der Waals surface area (Å²) in [6.07, 6.45) is 1.80. The van der Waals surface area contributed by atoms with E-state index in [0.29, 0.717) is 0 Å². The maximum atomic E-state index is 4.14. The number of rotatable bonds is 3. The van der Waals surface area contributed by atoms with Crippen molar-refractivity contribution < 1.29 is 0 Å². The predicted octanol–water partition coefficient (Wildman–Crippen LogP) is 3.13. The molecule has 0 saturated heterocycles. The van der Waals surface area contributed by atoms with Crippen molar-refractivity contribution >= 4 is 11.9 Å². The van der Waals surface area contributed by atoms with Gasteiger partial charge in [0.2, 0.25) is 0 Å². The third kappa shape index (κ3) is 2.95. The molecule has 2 heteroatoms. The fourth-order valence-electron chi connectivity index (χ4n) is 1.23. The van der Waals surface area contributed by atoms with Gasteiger partial charge in [0.1, 0.15) is 0 Å². The van der Waals surface area contributed by atoms with Gasteiger partial charge in [-0.05, 0) is 17.7 Å². The van der Waals surface area contributed by atoms with E-state index in [1.54, 1.807) is 6.21 Å². The van der Waals surface area contributed by atoms with Gasteiger partial charge < -0.3 is 0 Å². The monoisotopic (exact) mass is 196 g/mol. The molecule has 2 aromatic rings. The average molecular weight is 196 g/mol. The first-order chi connectivity index (χ1) is 7.45. The van der Waals surface area contributed by atoms with Crippen LogP contribution in [0.25, 0.3) is 0 Å². The van der Waals surface area contributed by atoms with Gasteiger partial charge in [0.15, 0.2) is 0 Å². The molecule has 0 amide bonds. The second-order valence-electron chi connectivity index (χ2n) is 3.15. The average Bonchev–Trinajstić information content (AvgIpc) is 2.32. The normalized spacial score (nSPS) is 10.4. The Kier molecular flexibility index (Phi) is 3.13. The number of benzene rings is 2. The van der Waals surface area contributed by atoms with E-state index in [0.717, 1.165) is 11.3 Å². The molecule has 0 heterocycles. The van der Waals surface area contributed by atoms with E-state index >= 15 is 0 Å². The minimum Gasteiger partial charge on any atom is -0.279 e. The number of anilines is 1. The van der Waals surface area contributed by atoms with E-state index in [2.05, 4.69) is 10.5 Å². The molecule has 2 rings (SSSR count). The van der Waals surface area contributed by atoms with Gasteiger partial charge in [-0.1, -0.05) is 48.5 Å². The van der Waals surface area contributed by atoms with E-state index in [-0.39, 0.29) is 0 Å². The number of hydrogen-bond acceptors (Lipinski definition) is 2. The van der Waals surface area contributed by atoms with Crippen LogP contribution in [-0.2, 0) is 0 Å². The zero-order valence-corrected chi connectivity index (χ0v) is 8.30. The molecule has 15 heavy (non-hydrogen) atoms. The van der Waals surface area contributed by atoms with Crippen LogP contribution in [0.1, 0.15) is 5.56 Å². The van der Waals surface area contributed by atoms with Crippen molar-refractivity contribution in [3.63, 3.8) is 0 Å². The maximum Gasteiger partial charge on any atom is 0.0561 e. The molecule has 1 N–H and O–H groups in total. The highest BCUT2D eigenvalue weighted by molar-refractivity contribution is 5.79. The van der Waals surface area contributed by atoms with E-state index in [1.807, 2.05) is 60.7 Å². The highest BCUT2D eigenvalue weighted by atomic mass is 15.3. The summed E-state index contributed by atoms with van der Waals surface area (Å²) in [6.45, 7) is 0. The Morgan fingerprint density at radius 2 is 1.40 bits per heavy atom. The lowest BCUT2D eigenvalue weighted by atomic mass is 10.2. The molecule has 0 aliphatic heterocycles. The lowest BCUT2D eigenvalue weighted by molar-refractivity contribution is 1.35. The van der Waals surface area contributed by atoms with Crippen molar-refractivity contribution in [3.05, 3.63) is 66.2 Å². The smallest absolute Gasteiger partial charge is 0.0561 e. The summed E-state index contributed by atoms with van der Waals surface area (Å²) >= 11 is 0. The molecule has 0 spiro atoms. The predicted molar refractivity (Wildman–Crippen MR) is 64.1 cm³/mol. The zero-order chi connectivity index (χ0) is 10.3. The molecule has 0 aliphatic rings. The Balaban J connectivity index is 1.97. The van der Waals surface area contributed by atoms with E-state index < -0.39 is 0 Å². The van der Waals surface area contributed by atoms with Gasteiger partial charge in [-0.25, -0.2) is 0 Å². The van der Waals surface area contributed by atoms with Gasteiger partial charge in [0.05, 0.1) is 11.9 Å². The molecule has 74 valence electrons. The molecule has 0 aromatic heterocycles. The summed E-state index contributed by atoms with van der Waals surface area (Å²) in [5.74, 6) is 0. The minimum absolute atomic E-state index is 0.990. The van der Waals surface area contributed by atoms with Crippen LogP contribution >= 0.6 is 0 Å². The molecule has 2 nitrogen and oxygen atoms in total. The molecule has 0 atom stereocenters. The SMILES string of the molecule is C(=N/Nc1ccccc1)/c1ccccc1. The van der Waals surface area contributed by atoms with Crippen molar-refractivity contribution in [1.82, 2.24) is 0 Å². The number of hydrazone groups is 1. The fourth-order valence-corrected chi connectivity index (χ4v) is 1.23. The summed E-state index contributed by atoms with van der Waals surface area (Å²) in [7, 11) is 0. The number of nitrogens with zero attached hydrogens (tertiary/aromatic N) is 1. The summed E-state index contributed by atoms with van der Waals surface area (Å²) in [5.41, 5.74) is 5.04. The van der Waals surface area contributed by atoms with Gasteiger partial charge >= 0.3 is 0 Å². The first-order valence-corrected chi connectivity index (χ1v) is 4.84. The minimum atomic E-state index is 0.990. The number of hydrogen-bond donors (Lipinski definition) is 1. The van der Waals surface area contributed by atoms with Crippen LogP contribution in [0.2, 0.25) is 0 Å². The molecular weight excluding hydrogens is 184 g/mol. The third-order valence-electron chi connectivity index (χ3n) is 1.98. The molecule has 0 fully saturated rings.